The van der Waals surface area contributed by atoms with Gasteiger partial charge in [0.05, 0.1) is 26.1 Å². The number of carbonyl (C=O) groups is 1. The van der Waals surface area contributed by atoms with Crippen molar-refractivity contribution < 1.29 is 23.5 Å². The molecule has 1 aliphatic heterocycles. The van der Waals surface area contributed by atoms with Gasteiger partial charge in [0.15, 0.2) is 5.76 Å². The summed E-state index contributed by atoms with van der Waals surface area (Å²) >= 11 is 5.13. The van der Waals surface area contributed by atoms with Crippen LogP contribution >= 0.6 is 12.2 Å². The van der Waals surface area contributed by atoms with Crippen LogP contribution in [0, 0.1) is 4.84 Å². The fourth-order valence-electron chi connectivity index (χ4n) is 2.48. The summed E-state index contributed by atoms with van der Waals surface area (Å²) in [5.41, 5.74) is 0. The highest BCUT2D eigenvalue weighted by Gasteiger charge is 2.37. The molecule has 2 atom stereocenters. The normalized spacial score (nSPS) is 22.1. The first-order valence-electron chi connectivity index (χ1n) is 6.70. The number of furan rings is 1. The molecule has 9 heteroatoms. The molecular weight excluding hydrogens is 310 g/mol. The van der Waals surface area contributed by atoms with Crippen LogP contribution in [0.5, 0.6) is 0 Å². The number of carbonyl (C=O) groups excluding carboxylic acids is 1. The van der Waals surface area contributed by atoms with Gasteiger partial charge in [-0.05, 0) is 24.4 Å². The summed E-state index contributed by atoms with van der Waals surface area (Å²) in [5, 5.41) is 14.0. The molecule has 2 aromatic heterocycles. The van der Waals surface area contributed by atoms with Crippen LogP contribution in [0.25, 0.3) is 11.7 Å². The molecule has 0 spiro atoms. The molecule has 8 nitrogen and oxygen atoms in total. The number of esters is 1. The lowest BCUT2D eigenvalue weighted by molar-refractivity contribution is -0.146. The van der Waals surface area contributed by atoms with Gasteiger partial charge in [-0.1, -0.05) is 0 Å². The van der Waals surface area contributed by atoms with Crippen LogP contribution < -0.4 is 0 Å². The molecule has 1 aliphatic rings. The van der Waals surface area contributed by atoms with Crippen LogP contribution in [-0.4, -0.2) is 51.6 Å². The third-order valence-electron chi connectivity index (χ3n) is 3.51. The molecule has 0 bridgehead atoms. The number of hydrogen-bond donors (Lipinski definition) is 1. The fourth-order valence-corrected chi connectivity index (χ4v) is 2.66. The van der Waals surface area contributed by atoms with E-state index in [0.29, 0.717) is 18.7 Å². The second-order valence-corrected chi connectivity index (χ2v) is 5.34. The third-order valence-corrected chi connectivity index (χ3v) is 3.80. The van der Waals surface area contributed by atoms with Crippen molar-refractivity contribution in [3.05, 3.63) is 23.2 Å². The van der Waals surface area contributed by atoms with E-state index in [4.69, 9.17) is 25.8 Å². The van der Waals surface area contributed by atoms with Crippen molar-refractivity contribution in [2.24, 2.45) is 0 Å². The molecule has 118 valence electrons. The predicted octanol–water partition coefficient (Wildman–Crippen LogP) is 1.03. The molecule has 0 aromatic carbocycles. The van der Waals surface area contributed by atoms with E-state index in [1.807, 2.05) is 0 Å². The van der Waals surface area contributed by atoms with E-state index in [1.54, 1.807) is 17.0 Å². The number of hydrogen-bond acceptors (Lipinski definition) is 8. The SMILES string of the molecule is COC(=O)[C@@H]1C[C@H](O)CN1Cn1nc(-c2ccco2)oc1=S. The van der Waals surface area contributed by atoms with Crippen LogP contribution in [0.15, 0.2) is 27.2 Å². The van der Waals surface area contributed by atoms with Gasteiger partial charge in [-0.15, -0.1) is 5.10 Å². The maximum absolute atomic E-state index is 11.8. The molecule has 1 fully saturated rings. The van der Waals surface area contributed by atoms with E-state index in [-0.39, 0.29) is 17.4 Å². The average Bonchev–Trinajstić information content (AvgIpc) is 3.20. The summed E-state index contributed by atoms with van der Waals surface area (Å²) in [4.78, 5) is 13.7. The Kier molecular flexibility index (Phi) is 4.10. The lowest BCUT2D eigenvalue weighted by atomic mass is 10.2. The van der Waals surface area contributed by atoms with Crippen molar-refractivity contribution in [2.45, 2.75) is 25.2 Å². The Labute approximate surface area is 130 Å². The molecule has 1 saturated heterocycles. The second-order valence-electron chi connectivity index (χ2n) is 4.99. The Balaban J connectivity index is 1.81. The molecule has 1 N–H and O–H groups in total. The number of aliphatic hydroxyl groups excluding tert-OH is 1. The van der Waals surface area contributed by atoms with Gasteiger partial charge in [-0.25, -0.2) is 4.68 Å². The van der Waals surface area contributed by atoms with Gasteiger partial charge >= 0.3 is 5.97 Å². The van der Waals surface area contributed by atoms with E-state index >= 15 is 0 Å². The van der Waals surface area contributed by atoms with Crippen LogP contribution in [0.3, 0.4) is 0 Å². The van der Waals surface area contributed by atoms with Crippen LogP contribution in [0.2, 0.25) is 0 Å². The van der Waals surface area contributed by atoms with E-state index in [1.165, 1.54) is 18.1 Å². The van der Waals surface area contributed by atoms with Crippen molar-refractivity contribution >= 4 is 18.2 Å². The van der Waals surface area contributed by atoms with Crippen LogP contribution in [0.4, 0.5) is 0 Å². The summed E-state index contributed by atoms with van der Waals surface area (Å²) in [6.07, 6.45) is 1.25. The van der Waals surface area contributed by atoms with Crippen LogP contribution in [0.1, 0.15) is 6.42 Å². The lowest BCUT2D eigenvalue weighted by Crippen LogP contribution is -2.38. The summed E-state index contributed by atoms with van der Waals surface area (Å²) < 4.78 is 16.8. The molecule has 0 amide bonds. The quantitative estimate of drug-likeness (QED) is 0.658. The smallest absolute Gasteiger partial charge is 0.323 e. The van der Waals surface area contributed by atoms with Gasteiger partial charge < -0.3 is 18.7 Å². The summed E-state index contributed by atoms with van der Waals surface area (Å²) in [6, 6.07) is 2.91. The second kappa shape index (κ2) is 6.03. The minimum atomic E-state index is -0.588. The molecule has 0 radical (unpaired) electrons. The Bertz CT molecular complexity index is 708. The van der Waals surface area contributed by atoms with Crippen molar-refractivity contribution in [2.75, 3.05) is 13.7 Å². The molecule has 0 aliphatic carbocycles. The lowest BCUT2D eigenvalue weighted by Gasteiger charge is -2.21. The number of rotatable bonds is 4. The van der Waals surface area contributed by atoms with Gasteiger partial charge in [-0.2, -0.15) is 0 Å². The first kappa shape index (κ1) is 14.9. The highest BCUT2D eigenvalue weighted by atomic mass is 32.1. The van der Waals surface area contributed by atoms with Crippen molar-refractivity contribution in [3.8, 4) is 11.7 Å². The molecule has 0 unspecified atom stereocenters. The maximum Gasteiger partial charge on any atom is 0.323 e. The van der Waals surface area contributed by atoms with E-state index < -0.39 is 18.1 Å². The molecule has 22 heavy (non-hydrogen) atoms. The first-order chi connectivity index (χ1) is 10.6. The van der Waals surface area contributed by atoms with Crippen molar-refractivity contribution in [1.29, 1.82) is 0 Å². The number of nitrogens with zero attached hydrogens (tertiary/aromatic N) is 3. The van der Waals surface area contributed by atoms with Gasteiger partial charge in [0, 0.05) is 13.0 Å². The van der Waals surface area contributed by atoms with E-state index in [0.717, 1.165) is 0 Å². The van der Waals surface area contributed by atoms with Crippen molar-refractivity contribution in [1.82, 2.24) is 14.7 Å². The monoisotopic (exact) mass is 325 g/mol. The highest BCUT2D eigenvalue weighted by molar-refractivity contribution is 7.71. The summed E-state index contributed by atoms with van der Waals surface area (Å²) in [7, 11) is 1.32. The van der Waals surface area contributed by atoms with E-state index in [2.05, 4.69) is 5.10 Å². The standard InChI is InChI=1S/C13H15N3O5S/c1-19-12(18)9-5-8(17)6-15(9)7-16-13(22)21-11(14-16)10-3-2-4-20-10/h2-4,8-9,17H,5-7H2,1H3/t8-,9-/m0/s1. The number of β-amino-alcohol motifs (C(OH)–C–C–N with tert-alkyl or cyclic N) is 1. The van der Waals surface area contributed by atoms with Crippen LogP contribution in [-0.2, 0) is 16.2 Å². The Hall–Kier alpha value is -1.97. The average molecular weight is 325 g/mol. The van der Waals surface area contributed by atoms with Gasteiger partial charge in [0.2, 0.25) is 0 Å². The molecule has 3 rings (SSSR count). The Morgan fingerprint density at radius 3 is 3.14 bits per heavy atom. The largest absolute Gasteiger partial charge is 0.468 e. The number of aromatic nitrogens is 2. The zero-order valence-corrected chi connectivity index (χ0v) is 12.7. The number of aliphatic hydroxyl groups is 1. The molecule has 3 heterocycles. The summed E-state index contributed by atoms with van der Waals surface area (Å²) in [5.74, 6) is 0.345. The zero-order chi connectivity index (χ0) is 15.7. The number of ether oxygens (including phenoxy) is 1. The minimum Gasteiger partial charge on any atom is -0.468 e. The fraction of sp³-hybridized carbons (Fsp3) is 0.462. The first-order valence-corrected chi connectivity index (χ1v) is 7.11. The van der Waals surface area contributed by atoms with Gasteiger partial charge in [0.1, 0.15) is 6.04 Å². The Morgan fingerprint density at radius 1 is 1.64 bits per heavy atom. The Morgan fingerprint density at radius 2 is 2.45 bits per heavy atom. The number of methoxy groups -OCH3 is 1. The number of likely N-dealkylation sites (tertiary alicyclic amines) is 1. The molecule has 2 aromatic rings. The molecule has 0 saturated carbocycles. The van der Waals surface area contributed by atoms with Gasteiger partial charge in [0.25, 0.3) is 10.7 Å². The molecular formula is C13H15N3O5S. The highest BCUT2D eigenvalue weighted by Crippen LogP contribution is 2.22. The minimum absolute atomic E-state index is 0.163. The van der Waals surface area contributed by atoms with Gasteiger partial charge in [-0.3, -0.25) is 9.69 Å². The maximum atomic E-state index is 11.8. The van der Waals surface area contributed by atoms with Crippen molar-refractivity contribution in [3.63, 3.8) is 0 Å². The summed E-state index contributed by atoms with van der Waals surface area (Å²) in [6.45, 7) is 0.560. The van der Waals surface area contributed by atoms with E-state index in [9.17, 15) is 9.90 Å². The topological polar surface area (TPSA) is 93.9 Å². The zero-order valence-electron chi connectivity index (χ0n) is 11.8. The third kappa shape index (κ3) is 2.82. The predicted molar refractivity (Wildman–Crippen MR) is 76.2 cm³/mol.